The summed E-state index contributed by atoms with van der Waals surface area (Å²) in [6.45, 7) is 11.0. The molecule has 0 radical (unpaired) electrons. The van der Waals surface area contributed by atoms with Gasteiger partial charge in [0.2, 0.25) is 0 Å². The van der Waals surface area contributed by atoms with Gasteiger partial charge in [0.1, 0.15) is 0 Å². The van der Waals surface area contributed by atoms with Gasteiger partial charge >= 0.3 is 5.97 Å². The predicted octanol–water partition coefficient (Wildman–Crippen LogP) is 2.03. The van der Waals surface area contributed by atoms with Gasteiger partial charge in [-0.2, -0.15) is 0 Å². The van der Waals surface area contributed by atoms with E-state index in [1.54, 1.807) is 6.08 Å². The van der Waals surface area contributed by atoms with Crippen LogP contribution in [0.25, 0.3) is 0 Å². The van der Waals surface area contributed by atoms with E-state index in [0.29, 0.717) is 19.7 Å². The Bertz CT molecular complexity index is 334. The van der Waals surface area contributed by atoms with E-state index >= 15 is 0 Å². The molecule has 0 amide bonds. The molecule has 1 aliphatic heterocycles. The summed E-state index contributed by atoms with van der Waals surface area (Å²) in [5.41, 5.74) is 0. The quantitative estimate of drug-likeness (QED) is 0.255. The number of carbonyl (C=O) groups excluding carboxylic acids is 1. The first kappa shape index (κ1) is 19.2. The predicted molar refractivity (Wildman–Crippen MR) is 92.5 cm³/mol. The monoisotopic (exact) mass is 395 g/mol. The van der Waals surface area contributed by atoms with Crippen LogP contribution in [-0.4, -0.2) is 49.6 Å². The Labute approximate surface area is 138 Å². The molecule has 0 aliphatic carbocycles. The van der Waals surface area contributed by atoms with Gasteiger partial charge in [-0.1, -0.05) is 6.08 Å². The third-order valence-electron chi connectivity index (χ3n) is 3.05. The number of piperidine rings is 1. The molecule has 6 heteroatoms. The Morgan fingerprint density at radius 3 is 2.90 bits per heavy atom. The molecule has 0 spiro atoms. The number of aliphatic imine (C=N–C) groups is 1. The van der Waals surface area contributed by atoms with Crippen LogP contribution in [-0.2, 0) is 9.53 Å². The summed E-state index contributed by atoms with van der Waals surface area (Å²) in [5, 5.41) is 3.25. The average Bonchev–Trinajstić information content (AvgIpc) is 2.44. The molecule has 1 unspecified atom stereocenters. The van der Waals surface area contributed by atoms with E-state index < -0.39 is 0 Å². The molecule has 0 aromatic rings. The molecule has 5 nitrogen and oxygen atoms in total. The third kappa shape index (κ3) is 6.11. The Hall–Kier alpha value is -0.790. The zero-order chi connectivity index (χ0) is 14.1. The van der Waals surface area contributed by atoms with E-state index in [0.717, 1.165) is 31.9 Å². The lowest BCUT2D eigenvalue weighted by atomic mass is 9.98. The van der Waals surface area contributed by atoms with Crippen molar-refractivity contribution in [3.63, 3.8) is 0 Å². The summed E-state index contributed by atoms with van der Waals surface area (Å²) in [6, 6.07) is 0. The van der Waals surface area contributed by atoms with Crippen LogP contribution in [0.1, 0.15) is 26.7 Å². The van der Waals surface area contributed by atoms with Gasteiger partial charge in [0, 0.05) is 19.6 Å². The lowest BCUT2D eigenvalue weighted by molar-refractivity contribution is -0.149. The Morgan fingerprint density at radius 1 is 1.55 bits per heavy atom. The Balaban J connectivity index is 0.00000361. The van der Waals surface area contributed by atoms with Gasteiger partial charge in [-0.05, 0) is 26.7 Å². The Morgan fingerprint density at radius 2 is 2.30 bits per heavy atom. The number of halogens is 1. The van der Waals surface area contributed by atoms with Crippen LogP contribution < -0.4 is 5.32 Å². The molecule has 1 heterocycles. The smallest absolute Gasteiger partial charge is 0.310 e. The number of nitrogens with zero attached hydrogens (tertiary/aromatic N) is 2. The van der Waals surface area contributed by atoms with Gasteiger partial charge in [0.15, 0.2) is 5.96 Å². The van der Waals surface area contributed by atoms with Crippen molar-refractivity contribution < 1.29 is 9.53 Å². The van der Waals surface area contributed by atoms with Crippen LogP contribution >= 0.6 is 24.0 Å². The van der Waals surface area contributed by atoms with Crippen molar-refractivity contribution in [1.82, 2.24) is 10.2 Å². The summed E-state index contributed by atoms with van der Waals surface area (Å²) >= 11 is 0. The molecule has 0 aromatic carbocycles. The molecule has 1 saturated heterocycles. The minimum absolute atomic E-state index is 0. The maximum Gasteiger partial charge on any atom is 0.310 e. The van der Waals surface area contributed by atoms with E-state index in [9.17, 15) is 4.79 Å². The second kappa shape index (κ2) is 10.9. The fourth-order valence-corrected chi connectivity index (χ4v) is 2.20. The summed E-state index contributed by atoms with van der Waals surface area (Å²) in [5.74, 6) is 0.726. The normalized spacial score (nSPS) is 19.0. The fraction of sp³-hybridized carbons (Fsp3) is 0.714. The van der Waals surface area contributed by atoms with Crippen LogP contribution in [0.2, 0.25) is 0 Å². The molecule has 0 saturated carbocycles. The number of esters is 1. The highest BCUT2D eigenvalue weighted by molar-refractivity contribution is 14.0. The Kier molecular flexibility index (Phi) is 10.5. The average molecular weight is 395 g/mol. The number of nitrogens with one attached hydrogen (secondary N) is 1. The van der Waals surface area contributed by atoms with Crippen molar-refractivity contribution in [2.24, 2.45) is 10.9 Å². The van der Waals surface area contributed by atoms with Gasteiger partial charge in [-0.15, -0.1) is 30.6 Å². The second-order valence-corrected chi connectivity index (χ2v) is 4.52. The first-order valence-electron chi connectivity index (χ1n) is 7.03. The molecular weight excluding hydrogens is 369 g/mol. The minimum Gasteiger partial charge on any atom is -0.466 e. The molecule has 20 heavy (non-hydrogen) atoms. The van der Waals surface area contributed by atoms with E-state index in [4.69, 9.17) is 4.74 Å². The summed E-state index contributed by atoms with van der Waals surface area (Å²) in [7, 11) is 0. The van der Waals surface area contributed by atoms with Crippen molar-refractivity contribution in [1.29, 1.82) is 0 Å². The number of hydrogen-bond donors (Lipinski definition) is 1. The highest BCUT2D eigenvalue weighted by Crippen LogP contribution is 2.18. The number of likely N-dealkylation sites (tertiary alicyclic amines) is 1. The van der Waals surface area contributed by atoms with Crippen molar-refractivity contribution in [2.45, 2.75) is 26.7 Å². The number of ether oxygens (including phenoxy) is 1. The molecule has 0 aromatic heterocycles. The summed E-state index contributed by atoms with van der Waals surface area (Å²) in [6.07, 6.45) is 3.66. The number of carbonyl (C=O) groups is 1. The molecule has 1 rings (SSSR count). The van der Waals surface area contributed by atoms with Crippen molar-refractivity contribution in [2.75, 3.05) is 32.8 Å². The lowest BCUT2D eigenvalue weighted by Gasteiger charge is -2.33. The van der Waals surface area contributed by atoms with E-state index in [-0.39, 0.29) is 35.9 Å². The van der Waals surface area contributed by atoms with Crippen LogP contribution in [0.3, 0.4) is 0 Å². The number of hydrogen-bond acceptors (Lipinski definition) is 3. The SMILES string of the molecule is C=CCN=C(NCC)N1CCCC(C(=O)OCC)C1.I. The number of guanidine groups is 1. The fourth-order valence-electron chi connectivity index (χ4n) is 2.20. The van der Waals surface area contributed by atoms with Crippen molar-refractivity contribution >= 4 is 35.9 Å². The lowest BCUT2D eigenvalue weighted by Crippen LogP contribution is -2.48. The molecule has 1 fully saturated rings. The van der Waals surface area contributed by atoms with Crippen LogP contribution in [0, 0.1) is 5.92 Å². The van der Waals surface area contributed by atoms with Crippen LogP contribution in [0.4, 0.5) is 0 Å². The van der Waals surface area contributed by atoms with E-state index in [2.05, 4.69) is 21.8 Å². The zero-order valence-electron chi connectivity index (χ0n) is 12.4. The largest absolute Gasteiger partial charge is 0.466 e. The van der Waals surface area contributed by atoms with E-state index in [1.807, 2.05) is 13.8 Å². The molecule has 0 bridgehead atoms. The van der Waals surface area contributed by atoms with Gasteiger partial charge < -0.3 is 15.0 Å². The van der Waals surface area contributed by atoms with Crippen molar-refractivity contribution in [3.05, 3.63) is 12.7 Å². The van der Waals surface area contributed by atoms with Gasteiger partial charge in [0.25, 0.3) is 0 Å². The molecule has 1 atom stereocenters. The highest BCUT2D eigenvalue weighted by Gasteiger charge is 2.28. The first-order chi connectivity index (χ1) is 9.22. The molecule has 1 N–H and O–H groups in total. The zero-order valence-corrected chi connectivity index (χ0v) is 14.8. The highest BCUT2D eigenvalue weighted by atomic mass is 127. The molecule has 1 aliphatic rings. The van der Waals surface area contributed by atoms with Crippen LogP contribution in [0.15, 0.2) is 17.6 Å². The van der Waals surface area contributed by atoms with Crippen molar-refractivity contribution in [3.8, 4) is 0 Å². The van der Waals surface area contributed by atoms with Gasteiger partial charge in [0.05, 0.1) is 19.1 Å². The maximum absolute atomic E-state index is 11.8. The summed E-state index contributed by atoms with van der Waals surface area (Å²) in [4.78, 5) is 18.4. The minimum atomic E-state index is -0.0910. The number of rotatable bonds is 5. The standard InChI is InChI=1S/C14H25N3O2.HI/c1-4-9-16-14(15-5-2)17-10-7-8-12(11-17)13(18)19-6-3;/h4,12H,1,5-11H2,2-3H3,(H,15,16);1H. The third-order valence-corrected chi connectivity index (χ3v) is 3.05. The first-order valence-corrected chi connectivity index (χ1v) is 7.03. The topological polar surface area (TPSA) is 53.9 Å². The van der Waals surface area contributed by atoms with Crippen LogP contribution in [0.5, 0.6) is 0 Å². The van der Waals surface area contributed by atoms with Gasteiger partial charge in [-0.3, -0.25) is 4.79 Å². The van der Waals surface area contributed by atoms with Gasteiger partial charge in [-0.25, -0.2) is 4.99 Å². The molecular formula is C14H26IN3O2. The second-order valence-electron chi connectivity index (χ2n) is 4.52. The van der Waals surface area contributed by atoms with E-state index in [1.165, 1.54) is 0 Å². The summed E-state index contributed by atoms with van der Waals surface area (Å²) < 4.78 is 5.11. The molecule has 116 valence electrons. The maximum atomic E-state index is 11.8.